The van der Waals surface area contributed by atoms with Gasteiger partial charge in [0, 0.05) is 0 Å². The number of carbonyl (C=O) groups is 2. The normalized spacial score (nSPS) is 11.1. The molecule has 24 heavy (non-hydrogen) atoms. The second-order valence-electron chi connectivity index (χ2n) is 4.57. The van der Waals surface area contributed by atoms with Crippen molar-refractivity contribution in [2.45, 2.75) is 46.6 Å². The number of halogens is 2. The Labute approximate surface area is 141 Å². The number of esters is 2. The van der Waals surface area contributed by atoms with Gasteiger partial charge in [-0.2, -0.15) is 0 Å². The molecule has 1 unspecified atom stereocenters. The predicted molar refractivity (Wildman–Crippen MR) is 86.5 cm³/mol. The fraction of sp³-hybridized carbons (Fsp3) is 0.529. The highest BCUT2D eigenvalue weighted by Crippen LogP contribution is 2.22. The van der Waals surface area contributed by atoms with E-state index in [9.17, 15) is 18.4 Å². The quantitative estimate of drug-likeness (QED) is 0.604. The topological polar surface area (TPSA) is 78.6 Å². The summed E-state index contributed by atoms with van der Waals surface area (Å²) in [7, 11) is 0. The zero-order valence-corrected chi connectivity index (χ0v) is 14.5. The largest absolute Gasteiger partial charge is 0.465 e. The van der Waals surface area contributed by atoms with E-state index < -0.39 is 35.2 Å². The third-order valence-corrected chi connectivity index (χ3v) is 2.90. The lowest BCUT2D eigenvalue weighted by atomic mass is 10.0. The zero-order valence-electron chi connectivity index (χ0n) is 14.5. The summed E-state index contributed by atoms with van der Waals surface area (Å²) in [6.45, 7) is 7.67. The lowest BCUT2D eigenvalue weighted by Gasteiger charge is -2.13. The minimum Gasteiger partial charge on any atom is -0.465 e. The van der Waals surface area contributed by atoms with Gasteiger partial charge in [-0.3, -0.25) is 0 Å². The second kappa shape index (κ2) is 11.5. The summed E-state index contributed by atoms with van der Waals surface area (Å²) in [6.07, 6.45) is 1.48. The lowest BCUT2D eigenvalue weighted by Crippen LogP contribution is -2.26. The second-order valence-corrected chi connectivity index (χ2v) is 4.57. The van der Waals surface area contributed by atoms with Crippen molar-refractivity contribution in [1.29, 1.82) is 0 Å². The van der Waals surface area contributed by atoms with E-state index in [1.807, 2.05) is 20.8 Å². The van der Waals surface area contributed by atoms with Crippen molar-refractivity contribution in [2.75, 3.05) is 13.2 Å². The van der Waals surface area contributed by atoms with Crippen molar-refractivity contribution in [3.8, 4) is 0 Å². The molecule has 0 bridgehead atoms. The Hall–Kier alpha value is -2.02. The zero-order chi connectivity index (χ0) is 18.7. The summed E-state index contributed by atoms with van der Waals surface area (Å²) >= 11 is 0. The fourth-order valence-corrected chi connectivity index (χ4v) is 1.74. The van der Waals surface area contributed by atoms with E-state index in [1.54, 1.807) is 6.92 Å². The molecule has 0 fully saturated rings. The molecule has 0 aliphatic heterocycles. The highest BCUT2D eigenvalue weighted by atomic mass is 19.1. The van der Waals surface area contributed by atoms with Gasteiger partial charge in [-0.15, -0.1) is 0 Å². The predicted octanol–water partition coefficient (Wildman–Crippen LogP) is 3.51. The molecule has 1 atom stereocenters. The number of nitrogens with two attached hydrogens (primary N) is 1. The molecule has 0 spiro atoms. The van der Waals surface area contributed by atoms with Crippen molar-refractivity contribution in [1.82, 2.24) is 0 Å². The first-order chi connectivity index (χ1) is 11.4. The van der Waals surface area contributed by atoms with Crippen LogP contribution in [0.2, 0.25) is 0 Å². The van der Waals surface area contributed by atoms with Gasteiger partial charge in [0.2, 0.25) is 0 Å². The Kier molecular flexibility index (Phi) is 10.5. The molecule has 1 aromatic carbocycles. The number of carbonyl (C=O) groups excluding carboxylic acids is 2. The Balaban J connectivity index is 0.00000254. The molecule has 0 amide bonds. The first-order valence-corrected chi connectivity index (χ1v) is 8.00. The van der Waals surface area contributed by atoms with Gasteiger partial charge >= 0.3 is 11.9 Å². The van der Waals surface area contributed by atoms with Crippen molar-refractivity contribution < 1.29 is 27.8 Å². The van der Waals surface area contributed by atoms with Gasteiger partial charge < -0.3 is 15.2 Å². The van der Waals surface area contributed by atoms with E-state index in [4.69, 9.17) is 10.5 Å². The third kappa shape index (κ3) is 6.23. The van der Waals surface area contributed by atoms with Gasteiger partial charge in [-0.25, -0.2) is 18.4 Å². The van der Waals surface area contributed by atoms with E-state index in [0.29, 0.717) is 6.42 Å². The number of benzene rings is 1. The minimum absolute atomic E-state index is 0.0393. The lowest BCUT2D eigenvalue weighted by molar-refractivity contribution is -0.145. The van der Waals surface area contributed by atoms with Crippen LogP contribution in [-0.2, 0) is 14.3 Å². The molecule has 136 valence electrons. The van der Waals surface area contributed by atoms with Crippen LogP contribution in [0.25, 0.3) is 0 Å². The van der Waals surface area contributed by atoms with Crippen LogP contribution < -0.4 is 5.73 Å². The standard InChI is InChI=1S/C15H19F2NO4.C2H6/c1-3-5-6-22-14(19)9-7-10(16)12(11(17)8-9)13(18)15(20)21-4-2;1-2/h7-8,13H,3-6,18H2,1-2H3;1-2H3. The average Bonchev–Trinajstić information content (AvgIpc) is 2.56. The number of ether oxygens (including phenoxy) is 2. The van der Waals surface area contributed by atoms with Gasteiger partial charge in [0.25, 0.3) is 0 Å². The molecule has 5 nitrogen and oxygen atoms in total. The molecule has 0 aliphatic rings. The van der Waals surface area contributed by atoms with Crippen LogP contribution in [-0.4, -0.2) is 25.2 Å². The summed E-state index contributed by atoms with van der Waals surface area (Å²) in [6, 6.07) is 0.00231. The Morgan fingerprint density at radius 3 is 2.12 bits per heavy atom. The SMILES string of the molecule is CC.CCCCOC(=O)c1cc(F)c(C(N)C(=O)OCC)c(F)c1. The van der Waals surface area contributed by atoms with Gasteiger partial charge in [-0.05, 0) is 25.5 Å². The van der Waals surface area contributed by atoms with Gasteiger partial charge in [0.05, 0.1) is 24.3 Å². The van der Waals surface area contributed by atoms with E-state index in [0.717, 1.165) is 18.6 Å². The monoisotopic (exact) mass is 345 g/mol. The van der Waals surface area contributed by atoms with Crippen LogP contribution in [0, 0.1) is 11.6 Å². The van der Waals surface area contributed by atoms with Gasteiger partial charge in [-0.1, -0.05) is 27.2 Å². The van der Waals surface area contributed by atoms with Gasteiger partial charge in [0.15, 0.2) is 0 Å². The van der Waals surface area contributed by atoms with E-state index >= 15 is 0 Å². The van der Waals surface area contributed by atoms with Crippen LogP contribution in [0.4, 0.5) is 8.78 Å². The molecule has 2 N–H and O–H groups in total. The molecule has 0 heterocycles. The van der Waals surface area contributed by atoms with Crippen molar-refractivity contribution in [2.24, 2.45) is 5.73 Å². The van der Waals surface area contributed by atoms with E-state index in [2.05, 4.69) is 4.74 Å². The van der Waals surface area contributed by atoms with Crippen LogP contribution in [0.3, 0.4) is 0 Å². The number of hydrogen-bond donors (Lipinski definition) is 1. The first kappa shape index (κ1) is 22.0. The average molecular weight is 345 g/mol. The fourth-order valence-electron chi connectivity index (χ4n) is 1.74. The van der Waals surface area contributed by atoms with Crippen LogP contribution >= 0.6 is 0 Å². The maximum Gasteiger partial charge on any atom is 0.338 e. The van der Waals surface area contributed by atoms with Crippen LogP contribution in [0.1, 0.15) is 62.5 Å². The Morgan fingerprint density at radius 1 is 1.12 bits per heavy atom. The minimum atomic E-state index is -1.59. The molecule has 0 saturated carbocycles. The summed E-state index contributed by atoms with van der Waals surface area (Å²) < 4.78 is 37.4. The Morgan fingerprint density at radius 2 is 1.67 bits per heavy atom. The molecule has 1 rings (SSSR count). The number of hydrogen-bond acceptors (Lipinski definition) is 5. The number of rotatable bonds is 7. The Bertz CT molecular complexity index is 526. The number of unbranched alkanes of at least 4 members (excludes halogenated alkanes) is 1. The summed E-state index contributed by atoms with van der Waals surface area (Å²) in [5.74, 6) is -3.97. The maximum absolute atomic E-state index is 14.0. The molecule has 0 aromatic heterocycles. The summed E-state index contributed by atoms with van der Waals surface area (Å²) in [5, 5.41) is 0. The maximum atomic E-state index is 14.0. The summed E-state index contributed by atoms with van der Waals surface area (Å²) in [5.41, 5.74) is 4.57. The molecular weight excluding hydrogens is 320 g/mol. The van der Waals surface area contributed by atoms with E-state index in [-0.39, 0.29) is 18.8 Å². The summed E-state index contributed by atoms with van der Waals surface area (Å²) in [4.78, 5) is 23.1. The van der Waals surface area contributed by atoms with E-state index in [1.165, 1.54) is 0 Å². The van der Waals surface area contributed by atoms with Crippen LogP contribution in [0.5, 0.6) is 0 Å². The smallest absolute Gasteiger partial charge is 0.338 e. The van der Waals surface area contributed by atoms with Crippen molar-refractivity contribution >= 4 is 11.9 Å². The highest BCUT2D eigenvalue weighted by Gasteiger charge is 2.26. The molecule has 0 saturated heterocycles. The molecule has 0 aliphatic carbocycles. The third-order valence-electron chi connectivity index (χ3n) is 2.90. The molecule has 0 radical (unpaired) electrons. The highest BCUT2D eigenvalue weighted by molar-refractivity contribution is 5.89. The van der Waals surface area contributed by atoms with Crippen molar-refractivity contribution in [3.05, 3.63) is 34.9 Å². The first-order valence-electron chi connectivity index (χ1n) is 8.00. The molecular formula is C17H25F2NO4. The van der Waals surface area contributed by atoms with Gasteiger partial charge in [0.1, 0.15) is 17.7 Å². The molecule has 7 heteroatoms. The van der Waals surface area contributed by atoms with Crippen molar-refractivity contribution in [3.63, 3.8) is 0 Å². The van der Waals surface area contributed by atoms with Crippen LogP contribution in [0.15, 0.2) is 12.1 Å². The molecule has 1 aromatic rings.